The van der Waals surface area contributed by atoms with Gasteiger partial charge in [-0.1, -0.05) is 6.92 Å². The maximum absolute atomic E-state index is 8.15. The van der Waals surface area contributed by atoms with E-state index in [1.807, 2.05) is 0 Å². The lowest BCUT2D eigenvalue weighted by Crippen LogP contribution is -2.16. The Bertz CT molecular complexity index is 44.3. The Balaban J connectivity index is 2.60. The van der Waals surface area contributed by atoms with Gasteiger partial charge in [-0.15, -0.1) is 0 Å². The normalized spacial score (nSPS) is 10.0. The molecule has 0 unspecified atom stereocenters. The van der Waals surface area contributed by atoms with Gasteiger partial charge in [0.25, 0.3) is 0 Å². The minimum Gasteiger partial charge on any atom is -0.317 e. The maximum atomic E-state index is 8.15. The molecule has 3 N–H and O–H groups in total. The second-order valence-electron chi connectivity index (χ2n) is 1.97. The van der Waals surface area contributed by atoms with Crippen molar-refractivity contribution in [2.75, 3.05) is 19.6 Å². The van der Waals surface area contributed by atoms with Crippen molar-refractivity contribution in [2.24, 2.45) is 0 Å². The summed E-state index contributed by atoms with van der Waals surface area (Å²) in [6.07, 6.45) is 2.16. The first-order valence-corrected chi connectivity index (χ1v) is 3.49. The van der Waals surface area contributed by atoms with Crippen molar-refractivity contribution in [1.82, 2.24) is 10.8 Å². The van der Waals surface area contributed by atoms with Crippen LogP contribution in [0.1, 0.15) is 19.8 Å². The molecule has 0 saturated heterocycles. The quantitative estimate of drug-likeness (QED) is 0.361. The number of hydrogen-bond donors (Lipinski definition) is 3. The average molecular weight is 132 g/mol. The summed E-state index contributed by atoms with van der Waals surface area (Å²) in [5.74, 6) is 0. The highest BCUT2D eigenvalue weighted by molar-refractivity contribution is 4.44. The Morgan fingerprint density at radius 3 is 2.44 bits per heavy atom. The molecule has 0 amide bonds. The summed E-state index contributed by atoms with van der Waals surface area (Å²) in [7, 11) is 0. The Morgan fingerprint density at radius 2 is 1.89 bits per heavy atom. The third kappa shape index (κ3) is 7.88. The van der Waals surface area contributed by atoms with E-state index in [-0.39, 0.29) is 0 Å². The van der Waals surface area contributed by atoms with Crippen LogP contribution in [0.3, 0.4) is 0 Å². The molecule has 0 aliphatic rings. The van der Waals surface area contributed by atoms with Gasteiger partial charge in [-0.3, -0.25) is 0 Å². The summed E-state index contributed by atoms with van der Waals surface area (Å²) >= 11 is 0. The number of rotatable bonds is 6. The van der Waals surface area contributed by atoms with Crippen LogP contribution in [-0.4, -0.2) is 24.8 Å². The molecule has 0 fully saturated rings. The lowest BCUT2D eigenvalue weighted by molar-refractivity contribution is 0.165. The molecule has 0 aliphatic heterocycles. The summed E-state index contributed by atoms with van der Waals surface area (Å²) in [6.45, 7) is 4.88. The molecule has 0 spiro atoms. The molecular weight excluding hydrogens is 116 g/mol. The molecule has 0 aromatic heterocycles. The van der Waals surface area contributed by atoms with Crippen LogP contribution < -0.4 is 10.8 Å². The zero-order valence-corrected chi connectivity index (χ0v) is 5.98. The van der Waals surface area contributed by atoms with E-state index in [1.165, 1.54) is 0 Å². The van der Waals surface area contributed by atoms with Crippen LogP contribution in [0, 0.1) is 0 Å². The number of hydrogen-bond acceptors (Lipinski definition) is 3. The van der Waals surface area contributed by atoms with Gasteiger partial charge in [-0.25, -0.2) is 5.48 Å². The Hall–Kier alpha value is -0.120. The third-order valence-electron chi connectivity index (χ3n) is 1.14. The van der Waals surface area contributed by atoms with Crippen molar-refractivity contribution >= 4 is 0 Å². The van der Waals surface area contributed by atoms with Gasteiger partial charge in [0.2, 0.25) is 0 Å². The van der Waals surface area contributed by atoms with Gasteiger partial charge >= 0.3 is 0 Å². The van der Waals surface area contributed by atoms with Crippen LogP contribution in [0.15, 0.2) is 0 Å². The van der Waals surface area contributed by atoms with Crippen LogP contribution in [0.5, 0.6) is 0 Å². The summed E-state index contributed by atoms with van der Waals surface area (Å²) in [5, 5.41) is 11.4. The Morgan fingerprint density at radius 1 is 1.22 bits per heavy atom. The van der Waals surface area contributed by atoms with E-state index < -0.39 is 0 Å². The monoisotopic (exact) mass is 132 g/mol. The van der Waals surface area contributed by atoms with Gasteiger partial charge < -0.3 is 10.5 Å². The van der Waals surface area contributed by atoms with Crippen LogP contribution in [-0.2, 0) is 0 Å². The van der Waals surface area contributed by atoms with E-state index in [4.69, 9.17) is 5.21 Å². The fourth-order valence-electron chi connectivity index (χ4n) is 0.631. The summed E-state index contributed by atoms with van der Waals surface area (Å²) in [4.78, 5) is 0. The molecule has 0 rings (SSSR count). The number of nitrogens with one attached hydrogen (secondary N) is 2. The molecule has 3 heteroatoms. The van der Waals surface area contributed by atoms with Crippen molar-refractivity contribution in [2.45, 2.75) is 19.8 Å². The van der Waals surface area contributed by atoms with Crippen LogP contribution >= 0.6 is 0 Å². The molecule has 0 aromatic carbocycles. The van der Waals surface area contributed by atoms with E-state index in [9.17, 15) is 0 Å². The highest BCUT2D eigenvalue weighted by Gasteiger charge is 1.84. The maximum Gasteiger partial charge on any atom is 0.0207 e. The van der Waals surface area contributed by atoms with E-state index in [0.29, 0.717) is 6.54 Å². The van der Waals surface area contributed by atoms with E-state index in [0.717, 1.165) is 25.9 Å². The molecule has 0 bridgehead atoms. The van der Waals surface area contributed by atoms with E-state index in [1.54, 1.807) is 0 Å². The smallest absolute Gasteiger partial charge is 0.0207 e. The fourth-order valence-corrected chi connectivity index (χ4v) is 0.631. The topological polar surface area (TPSA) is 44.3 Å². The SMILES string of the molecule is CCNCCCCNO. The molecule has 0 radical (unpaired) electrons. The predicted molar refractivity (Wildman–Crippen MR) is 37.6 cm³/mol. The average Bonchev–Trinajstić information content (AvgIpc) is 1.89. The van der Waals surface area contributed by atoms with Crippen LogP contribution in [0.4, 0.5) is 0 Å². The summed E-state index contributed by atoms with van der Waals surface area (Å²) < 4.78 is 0. The van der Waals surface area contributed by atoms with Gasteiger partial charge in [-0.2, -0.15) is 0 Å². The van der Waals surface area contributed by atoms with Gasteiger partial charge in [0, 0.05) is 6.54 Å². The molecular formula is C6H16N2O. The zero-order valence-electron chi connectivity index (χ0n) is 5.98. The molecule has 0 atom stereocenters. The predicted octanol–water partition coefficient (Wildman–Crippen LogP) is 0.355. The van der Waals surface area contributed by atoms with Gasteiger partial charge in [0.15, 0.2) is 0 Å². The first-order valence-electron chi connectivity index (χ1n) is 3.49. The highest BCUT2D eigenvalue weighted by atomic mass is 16.5. The number of unbranched alkanes of at least 4 members (excludes halogenated alkanes) is 1. The lowest BCUT2D eigenvalue weighted by atomic mass is 10.3. The largest absolute Gasteiger partial charge is 0.317 e. The van der Waals surface area contributed by atoms with Crippen molar-refractivity contribution in [3.8, 4) is 0 Å². The molecule has 0 heterocycles. The molecule has 0 aliphatic carbocycles. The Kier molecular flexibility index (Phi) is 7.77. The van der Waals surface area contributed by atoms with E-state index >= 15 is 0 Å². The first-order chi connectivity index (χ1) is 4.41. The van der Waals surface area contributed by atoms with Gasteiger partial charge in [0.1, 0.15) is 0 Å². The summed E-state index contributed by atoms with van der Waals surface area (Å²) in [5.41, 5.74) is 2.12. The number of hydroxylamine groups is 1. The van der Waals surface area contributed by atoms with Crippen molar-refractivity contribution in [3.05, 3.63) is 0 Å². The van der Waals surface area contributed by atoms with Crippen LogP contribution in [0.25, 0.3) is 0 Å². The van der Waals surface area contributed by atoms with Crippen molar-refractivity contribution < 1.29 is 5.21 Å². The Labute approximate surface area is 56.4 Å². The molecule has 9 heavy (non-hydrogen) atoms. The van der Waals surface area contributed by atoms with Gasteiger partial charge in [0.05, 0.1) is 0 Å². The van der Waals surface area contributed by atoms with Crippen molar-refractivity contribution in [3.63, 3.8) is 0 Å². The first kappa shape index (κ1) is 8.88. The lowest BCUT2D eigenvalue weighted by Gasteiger charge is -1.99. The zero-order chi connectivity index (χ0) is 6.95. The van der Waals surface area contributed by atoms with Gasteiger partial charge in [-0.05, 0) is 25.9 Å². The van der Waals surface area contributed by atoms with E-state index in [2.05, 4.69) is 17.7 Å². The standard InChI is InChI=1S/C6H16N2O/c1-2-7-5-3-4-6-8-9/h7-9H,2-6H2,1H3. The second kappa shape index (κ2) is 7.88. The molecule has 0 aromatic rings. The summed E-state index contributed by atoms with van der Waals surface area (Å²) in [6, 6.07) is 0. The minimum absolute atomic E-state index is 0.700. The molecule has 56 valence electrons. The molecule has 0 saturated carbocycles. The minimum atomic E-state index is 0.700. The van der Waals surface area contributed by atoms with Crippen LogP contribution in [0.2, 0.25) is 0 Å². The second-order valence-corrected chi connectivity index (χ2v) is 1.97. The third-order valence-corrected chi connectivity index (χ3v) is 1.14. The molecule has 3 nitrogen and oxygen atoms in total. The fraction of sp³-hybridized carbons (Fsp3) is 1.00. The highest BCUT2D eigenvalue weighted by Crippen LogP contribution is 1.82. The van der Waals surface area contributed by atoms with Crippen molar-refractivity contribution in [1.29, 1.82) is 0 Å².